The number of nitrogen functional groups attached to an aromatic ring is 1. The highest BCUT2D eigenvalue weighted by atomic mass is 32.1. The molecule has 0 spiro atoms. The van der Waals surface area contributed by atoms with Gasteiger partial charge < -0.3 is 16.4 Å². The maximum atomic E-state index is 11.9. The summed E-state index contributed by atoms with van der Waals surface area (Å²) < 4.78 is 0. The number of anilines is 2. The first-order chi connectivity index (χ1) is 9.08. The minimum absolute atomic E-state index is 0.214. The van der Waals surface area contributed by atoms with E-state index in [4.69, 9.17) is 5.73 Å². The third-order valence-corrected chi connectivity index (χ3v) is 4.42. The van der Waals surface area contributed by atoms with Crippen molar-refractivity contribution < 1.29 is 4.79 Å². The maximum Gasteiger partial charge on any atom is 0.263 e. The van der Waals surface area contributed by atoms with Crippen molar-refractivity contribution in [3.8, 4) is 6.07 Å². The zero-order chi connectivity index (χ0) is 14.0. The number of nitrogens with zero attached hydrogens (tertiary/aromatic N) is 1. The normalized spacial score (nSPS) is 15.6. The Labute approximate surface area is 116 Å². The van der Waals surface area contributed by atoms with Crippen LogP contribution in [0.4, 0.5) is 10.7 Å². The predicted molar refractivity (Wildman–Crippen MR) is 77.3 cm³/mol. The van der Waals surface area contributed by atoms with E-state index in [-0.39, 0.29) is 11.6 Å². The Morgan fingerprint density at radius 1 is 1.63 bits per heavy atom. The van der Waals surface area contributed by atoms with Gasteiger partial charge in [0, 0.05) is 12.6 Å². The van der Waals surface area contributed by atoms with Crippen molar-refractivity contribution in [1.82, 2.24) is 5.32 Å². The lowest BCUT2D eigenvalue weighted by molar-refractivity contribution is 0.0960. The molecule has 1 aliphatic rings. The van der Waals surface area contributed by atoms with E-state index in [1.807, 2.05) is 6.92 Å². The molecule has 0 aliphatic heterocycles. The fraction of sp³-hybridized carbons (Fsp3) is 0.538. The first kappa shape index (κ1) is 13.7. The molecule has 1 aromatic rings. The Hall–Kier alpha value is -1.74. The summed E-state index contributed by atoms with van der Waals surface area (Å²) in [4.78, 5) is 12.3. The number of hydrogen-bond acceptors (Lipinski definition) is 5. The highest BCUT2D eigenvalue weighted by Gasteiger charge is 2.29. The lowest BCUT2D eigenvalue weighted by Gasteiger charge is -2.12. The molecule has 1 amide bonds. The second-order valence-corrected chi connectivity index (χ2v) is 5.81. The third-order valence-electron chi connectivity index (χ3n) is 3.29. The molecule has 0 bridgehead atoms. The van der Waals surface area contributed by atoms with Crippen molar-refractivity contribution in [2.75, 3.05) is 17.6 Å². The summed E-state index contributed by atoms with van der Waals surface area (Å²) in [5, 5.41) is 15.9. The number of nitriles is 1. The van der Waals surface area contributed by atoms with Crippen LogP contribution in [-0.4, -0.2) is 18.5 Å². The molecule has 6 heteroatoms. The van der Waals surface area contributed by atoms with Gasteiger partial charge in [-0.1, -0.05) is 0 Å². The third kappa shape index (κ3) is 2.82. The van der Waals surface area contributed by atoms with Crippen molar-refractivity contribution in [1.29, 1.82) is 5.26 Å². The SMILES string of the molecule is CCNC(=O)c1sc(NC(C)C2CC2)c(C#N)c1N. The predicted octanol–water partition coefficient (Wildman–Crippen LogP) is 2.16. The number of amides is 1. The Balaban J connectivity index is 2.25. The molecular formula is C13H18N4OS. The molecule has 1 heterocycles. The topological polar surface area (TPSA) is 90.9 Å². The number of nitrogens with two attached hydrogens (primary N) is 1. The quantitative estimate of drug-likeness (QED) is 0.769. The molecule has 1 aliphatic carbocycles. The fourth-order valence-electron chi connectivity index (χ4n) is 1.99. The van der Waals surface area contributed by atoms with Crippen LogP contribution in [0.25, 0.3) is 0 Å². The molecule has 5 nitrogen and oxygen atoms in total. The van der Waals surface area contributed by atoms with Crippen LogP contribution in [0.1, 0.15) is 41.9 Å². The molecule has 19 heavy (non-hydrogen) atoms. The summed E-state index contributed by atoms with van der Waals surface area (Å²) in [6.45, 7) is 4.49. The highest BCUT2D eigenvalue weighted by molar-refractivity contribution is 7.18. The van der Waals surface area contributed by atoms with E-state index in [1.165, 1.54) is 24.2 Å². The lowest BCUT2D eigenvalue weighted by Crippen LogP contribution is -2.22. The van der Waals surface area contributed by atoms with Crippen LogP contribution >= 0.6 is 11.3 Å². The molecule has 1 unspecified atom stereocenters. The average molecular weight is 278 g/mol. The summed E-state index contributed by atoms with van der Waals surface area (Å²) in [6, 6.07) is 2.40. The fourth-order valence-corrected chi connectivity index (χ4v) is 3.07. The van der Waals surface area contributed by atoms with Crippen molar-refractivity contribution >= 4 is 27.9 Å². The molecule has 1 atom stereocenters. The van der Waals surface area contributed by atoms with Crippen LogP contribution in [0.2, 0.25) is 0 Å². The Bertz CT molecular complexity index is 527. The summed E-state index contributed by atoms with van der Waals surface area (Å²) in [5.41, 5.74) is 6.57. The van der Waals surface area contributed by atoms with Crippen LogP contribution in [-0.2, 0) is 0 Å². The van der Waals surface area contributed by atoms with Crippen molar-refractivity contribution in [3.63, 3.8) is 0 Å². The molecule has 0 saturated heterocycles. The lowest BCUT2D eigenvalue weighted by atomic mass is 10.2. The summed E-state index contributed by atoms with van der Waals surface area (Å²) in [5.74, 6) is 0.455. The molecule has 0 aromatic carbocycles. The maximum absolute atomic E-state index is 11.9. The van der Waals surface area contributed by atoms with Gasteiger partial charge in [0.05, 0.1) is 5.69 Å². The minimum atomic E-state index is -0.214. The first-order valence-corrected chi connectivity index (χ1v) is 7.27. The number of hydrogen-bond donors (Lipinski definition) is 3. The first-order valence-electron chi connectivity index (χ1n) is 6.45. The molecule has 0 radical (unpaired) electrons. The van der Waals surface area contributed by atoms with E-state index in [9.17, 15) is 10.1 Å². The van der Waals surface area contributed by atoms with Gasteiger partial charge in [-0.25, -0.2) is 0 Å². The highest BCUT2D eigenvalue weighted by Crippen LogP contribution is 2.39. The van der Waals surface area contributed by atoms with Gasteiger partial charge in [0.25, 0.3) is 5.91 Å². The molecule has 1 fully saturated rings. The van der Waals surface area contributed by atoms with Gasteiger partial charge in [-0.2, -0.15) is 5.26 Å². The number of thiophene rings is 1. The monoisotopic (exact) mass is 278 g/mol. The molecule has 4 N–H and O–H groups in total. The Morgan fingerprint density at radius 3 is 2.84 bits per heavy atom. The number of carbonyl (C=O) groups excluding carboxylic acids is 1. The molecule has 1 aromatic heterocycles. The largest absolute Gasteiger partial charge is 0.396 e. The van der Waals surface area contributed by atoms with Crippen LogP contribution < -0.4 is 16.4 Å². The van der Waals surface area contributed by atoms with Crippen LogP contribution in [0, 0.1) is 17.2 Å². The summed E-state index contributed by atoms with van der Waals surface area (Å²) >= 11 is 1.26. The molecule has 1 saturated carbocycles. The van der Waals surface area contributed by atoms with E-state index in [0.717, 1.165) is 0 Å². The van der Waals surface area contributed by atoms with Crippen molar-refractivity contribution in [2.45, 2.75) is 32.7 Å². The second-order valence-electron chi connectivity index (χ2n) is 4.79. The number of rotatable bonds is 5. The molecule has 102 valence electrons. The standard InChI is InChI=1S/C13H18N4OS/c1-3-16-12(18)11-10(15)9(6-14)13(19-11)17-7(2)8-4-5-8/h7-8,17H,3-5,15H2,1-2H3,(H,16,18). The Kier molecular flexibility index (Phi) is 3.96. The minimum Gasteiger partial charge on any atom is -0.396 e. The second kappa shape index (κ2) is 5.49. The van der Waals surface area contributed by atoms with Crippen molar-refractivity contribution in [2.24, 2.45) is 5.92 Å². The molecular weight excluding hydrogens is 260 g/mol. The van der Waals surface area contributed by atoms with E-state index in [2.05, 4.69) is 23.6 Å². The molecule has 2 rings (SSSR count). The van der Waals surface area contributed by atoms with Gasteiger partial charge in [-0.15, -0.1) is 11.3 Å². The number of nitrogens with one attached hydrogen (secondary N) is 2. The van der Waals surface area contributed by atoms with E-state index in [1.54, 1.807) is 0 Å². The van der Waals surface area contributed by atoms with Gasteiger partial charge in [0.1, 0.15) is 21.5 Å². The van der Waals surface area contributed by atoms with E-state index in [0.29, 0.717) is 33.9 Å². The van der Waals surface area contributed by atoms with Gasteiger partial charge in [0.2, 0.25) is 0 Å². The average Bonchev–Trinajstić information content (AvgIpc) is 3.16. The zero-order valence-corrected chi connectivity index (χ0v) is 11.9. The summed E-state index contributed by atoms with van der Waals surface area (Å²) in [6.07, 6.45) is 2.44. The van der Waals surface area contributed by atoms with Gasteiger partial charge in [0.15, 0.2) is 0 Å². The van der Waals surface area contributed by atoms with Gasteiger partial charge >= 0.3 is 0 Å². The van der Waals surface area contributed by atoms with Crippen LogP contribution in [0.5, 0.6) is 0 Å². The van der Waals surface area contributed by atoms with E-state index >= 15 is 0 Å². The van der Waals surface area contributed by atoms with Gasteiger partial charge in [-0.3, -0.25) is 4.79 Å². The van der Waals surface area contributed by atoms with Crippen LogP contribution in [0.15, 0.2) is 0 Å². The van der Waals surface area contributed by atoms with E-state index < -0.39 is 0 Å². The van der Waals surface area contributed by atoms with Crippen molar-refractivity contribution in [3.05, 3.63) is 10.4 Å². The van der Waals surface area contributed by atoms with Gasteiger partial charge in [-0.05, 0) is 32.6 Å². The smallest absolute Gasteiger partial charge is 0.263 e. The number of carbonyl (C=O) groups is 1. The summed E-state index contributed by atoms with van der Waals surface area (Å²) in [7, 11) is 0. The Morgan fingerprint density at radius 2 is 2.32 bits per heavy atom. The zero-order valence-electron chi connectivity index (χ0n) is 11.1. The van der Waals surface area contributed by atoms with Crippen LogP contribution in [0.3, 0.4) is 0 Å².